The summed E-state index contributed by atoms with van der Waals surface area (Å²) in [6.07, 6.45) is 3.64. The van der Waals surface area contributed by atoms with Crippen molar-refractivity contribution < 1.29 is 14.2 Å². The first-order chi connectivity index (χ1) is 9.18. The summed E-state index contributed by atoms with van der Waals surface area (Å²) in [5.41, 5.74) is 0.755. The maximum Gasteiger partial charge on any atom is 0.224 e. The SMILES string of the molecule is COc1ncnc(OC)c1CNCC1(C)CCCO1. The molecule has 0 amide bonds. The van der Waals surface area contributed by atoms with Gasteiger partial charge in [-0.05, 0) is 19.8 Å². The molecule has 1 atom stereocenters. The highest BCUT2D eigenvalue weighted by Gasteiger charge is 2.29. The first-order valence-corrected chi connectivity index (χ1v) is 6.45. The van der Waals surface area contributed by atoms with Crippen LogP contribution in [0.4, 0.5) is 0 Å². The van der Waals surface area contributed by atoms with E-state index >= 15 is 0 Å². The molecule has 1 saturated heterocycles. The molecule has 1 aliphatic heterocycles. The number of methoxy groups -OCH3 is 2. The highest BCUT2D eigenvalue weighted by Crippen LogP contribution is 2.26. The van der Waals surface area contributed by atoms with Crippen LogP contribution in [0, 0.1) is 0 Å². The number of ether oxygens (including phenoxy) is 3. The Morgan fingerprint density at radius 2 is 2.00 bits per heavy atom. The van der Waals surface area contributed by atoms with Crippen LogP contribution in [0.3, 0.4) is 0 Å². The lowest BCUT2D eigenvalue weighted by atomic mass is 10.0. The second kappa shape index (κ2) is 6.16. The summed E-state index contributed by atoms with van der Waals surface area (Å²) in [4.78, 5) is 8.18. The summed E-state index contributed by atoms with van der Waals surface area (Å²) in [7, 11) is 3.18. The molecular weight excluding hydrogens is 246 g/mol. The summed E-state index contributed by atoms with van der Waals surface area (Å²) >= 11 is 0. The van der Waals surface area contributed by atoms with E-state index < -0.39 is 0 Å². The van der Waals surface area contributed by atoms with Gasteiger partial charge in [0.2, 0.25) is 11.8 Å². The van der Waals surface area contributed by atoms with Crippen molar-refractivity contribution in [3.63, 3.8) is 0 Å². The van der Waals surface area contributed by atoms with Crippen LogP contribution in [0.15, 0.2) is 6.33 Å². The Hall–Kier alpha value is -1.40. The van der Waals surface area contributed by atoms with Crippen molar-refractivity contribution in [2.24, 2.45) is 0 Å². The van der Waals surface area contributed by atoms with Crippen molar-refractivity contribution >= 4 is 0 Å². The van der Waals surface area contributed by atoms with Gasteiger partial charge in [-0.1, -0.05) is 0 Å². The van der Waals surface area contributed by atoms with Crippen LogP contribution >= 0.6 is 0 Å². The van der Waals surface area contributed by atoms with Gasteiger partial charge in [0.05, 0.1) is 25.4 Å². The number of aromatic nitrogens is 2. The molecule has 1 unspecified atom stereocenters. The summed E-state index contributed by atoms with van der Waals surface area (Å²) < 4.78 is 16.2. The molecule has 0 aromatic carbocycles. The normalized spacial score (nSPS) is 22.5. The molecule has 2 heterocycles. The third kappa shape index (κ3) is 3.33. The lowest BCUT2D eigenvalue weighted by molar-refractivity contribution is 0.0206. The van der Waals surface area contributed by atoms with E-state index in [9.17, 15) is 0 Å². The van der Waals surface area contributed by atoms with Gasteiger partial charge < -0.3 is 19.5 Å². The van der Waals surface area contributed by atoms with E-state index in [1.165, 1.54) is 6.33 Å². The second-order valence-corrected chi connectivity index (χ2v) is 4.88. The summed E-state index contributed by atoms with van der Waals surface area (Å²) in [6, 6.07) is 0. The van der Waals surface area contributed by atoms with E-state index in [-0.39, 0.29) is 5.60 Å². The first kappa shape index (κ1) is 14.0. The predicted octanol–water partition coefficient (Wildman–Crippen LogP) is 1.15. The van der Waals surface area contributed by atoms with Gasteiger partial charge in [0, 0.05) is 19.7 Å². The monoisotopic (exact) mass is 267 g/mol. The average Bonchev–Trinajstić information content (AvgIpc) is 2.85. The Morgan fingerprint density at radius 1 is 1.32 bits per heavy atom. The Balaban J connectivity index is 1.98. The maximum atomic E-state index is 5.74. The number of hydrogen-bond donors (Lipinski definition) is 1. The lowest BCUT2D eigenvalue weighted by Crippen LogP contribution is -2.37. The van der Waals surface area contributed by atoms with E-state index in [1.54, 1.807) is 14.2 Å². The predicted molar refractivity (Wildman–Crippen MR) is 70.4 cm³/mol. The Morgan fingerprint density at radius 3 is 2.53 bits per heavy atom. The van der Waals surface area contributed by atoms with Crippen LogP contribution < -0.4 is 14.8 Å². The molecule has 2 rings (SSSR count). The second-order valence-electron chi connectivity index (χ2n) is 4.88. The fourth-order valence-corrected chi connectivity index (χ4v) is 2.31. The molecule has 1 fully saturated rings. The summed E-state index contributed by atoms with van der Waals surface area (Å²) in [6.45, 7) is 4.35. The molecule has 1 aliphatic rings. The highest BCUT2D eigenvalue weighted by molar-refractivity contribution is 5.34. The molecule has 1 aromatic heterocycles. The van der Waals surface area contributed by atoms with Crippen LogP contribution in [-0.2, 0) is 11.3 Å². The molecule has 1 aromatic rings. The zero-order valence-electron chi connectivity index (χ0n) is 11.7. The minimum Gasteiger partial charge on any atom is -0.481 e. The van der Waals surface area contributed by atoms with Gasteiger partial charge in [0.15, 0.2) is 0 Å². The fourth-order valence-electron chi connectivity index (χ4n) is 2.31. The van der Waals surface area contributed by atoms with Gasteiger partial charge in [-0.3, -0.25) is 0 Å². The molecule has 0 bridgehead atoms. The molecule has 0 aliphatic carbocycles. The van der Waals surface area contributed by atoms with Gasteiger partial charge >= 0.3 is 0 Å². The largest absolute Gasteiger partial charge is 0.481 e. The van der Waals surface area contributed by atoms with Crippen LogP contribution in [0.25, 0.3) is 0 Å². The average molecular weight is 267 g/mol. The zero-order chi connectivity index (χ0) is 13.7. The van der Waals surface area contributed by atoms with Gasteiger partial charge in [-0.15, -0.1) is 0 Å². The summed E-state index contributed by atoms with van der Waals surface area (Å²) in [5, 5.41) is 3.37. The quantitative estimate of drug-likeness (QED) is 0.834. The van der Waals surface area contributed by atoms with Crippen molar-refractivity contribution in [3.8, 4) is 11.8 Å². The Kier molecular flexibility index (Phi) is 4.55. The van der Waals surface area contributed by atoms with E-state index in [2.05, 4.69) is 22.2 Å². The van der Waals surface area contributed by atoms with Crippen molar-refractivity contribution in [1.82, 2.24) is 15.3 Å². The van der Waals surface area contributed by atoms with Crippen LogP contribution in [0.5, 0.6) is 11.8 Å². The third-order valence-corrected chi connectivity index (χ3v) is 3.35. The molecule has 6 nitrogen and oxygen atoms in total. The van der Waals surface area contributed by atoms with Crippen LogP contribution in [-0.4, -0.2) is 42.9 Å². The van der Waals surface area contributed by atoms with Crippen molar-refractivity contribution in [1.29, 1.82) is 0 Å². The highest BCUT2D eigenvalue weighted by atomic mass is 16.5. The fraction of sp³-hybridized carbons (Fsp3) is 0.692. The minimum atomic E-state index is -0.0733. The van der Waals surface area contributed by atoms with Gasteiger partial charge in [0.1, 0.15) is 6.33 Å². The molecular formula is C13H21N3O3. The van der Waals surface area contributed by atoms with E-state index in [0.717, 1.165) is 31.6 Å². The Labute approximate surface area is 113 Å². The topological polar surface area (TPSA) is 65.5 Å². The number of hydrogen-bond acceptors (Lipinski definition) is 6. The molecule has 19 heavy (non-hydrogen) atoms. The van der Waals surface area contributed by atoms with Gasteiger partial charge in [0.25, 0.3) is 0 Å². The molecule has 1 N–H and O–H groups in total. The van der Waals surface area contributed by atoms with Crippen LogP contribution in [0.1, 0.15) is 25.3 Å². The number of nitrogens with zero attached hydrogens (tertiary/aromatic N) is 2. The Bertz CT molecular complexity index is 397. The molecule has 0 saturated carbocycles. The van der Waals surface area contributed by atoms with E-state index in [4.69, 9.17) is 14.2 Å². The lowest BCUT2D eigenvalue weighted by Gasteiger charge is -2.23. The standard InChI is InChI=1S/C13H21N3O3/c1-13(5-4-6-19-13)8-14-7-10-11(17-2)15-9-16-12(10)18-3/h9,14H,4-8H2,1-3H3. The molecule has 0 radical (unpaired) electrons. The maximum absolute atomic E-state index is 5.74. The van der Waals surface area contributed by atoms with E-state index in [1.807, 2.05) is 0 Å². The molecule has 6 heteroatoms. The van der Waals surface area contributed by atoms with Gasteiger partial charge in [-0.2, -0.15) is 0 Å². The minimum absolute atomic E-state index is 0.0733. The van der Waals surface area contributed by atoms with Gasteiger partial charge in [-0.25, -0.2) is 9.97 Å². The number of nitrogens with one attached hydrogen (secondary N) is 1. The third-order valence-electron chi connectivity index (χ3n) is 3.35. The van der Waals surface area contributed by atoms with Crippen molar-refractivity contribution in [2.45, 2.75) is 31.9 Å². The summed E-state index contributed by atoms with van der Waals surface area (Å²) in [5.74, 6) is 1.08. The van der Waals surface area contributed by atoms with Crippen LogP contribution in [0.2, 0.25) is 0 Å². The first-order valence-electron chi connectivity index (χ1n) is 6.45. The van der Waals surface area contributed by atoms with Crippen molar-refractivity contribution in [2.75, 3.05) is 27.4 Å². The van der Waals surface area contributed by atoms with Crippen molar-refractivity contribution in [3.05, 3.63) is 11.9 Å². The number of rotatable bonds is 6. The van der Waals surface area contributed by atoms with E-state index in [0.29, 0.717) is 18.3 Å². The molecule has 106 valence electrons. The zero-order valence-corrected chi connectivity index (χ0v) is 11.7. The smallest absolute Gasteiger partial charge is 0.224 e. The molecule has 0 spiro atoms.